The first-order chi connectivity index (χ1) is 14.3. The smallest absolute Gasteiger partial charge is 0.250 e. The SMILES string of the molecule is CC(C)c1ccc(C=CC(=O)N(C)c2ccc(N3CCC(N(C)C)C3)c(F)c2)cc1. The Labute approximate surface area is 179 Å². The molecule has 1 heterocycles. The van der Waals surface area contributed by atoms with Gasteiger partial charge >= 0.3 is 0 Å². The van der Waals surface area contributed by atoms with Gasteiger partial charge in [0.15, 0.2) is 0 Å². The molecule has 1 fully saturated rings. The number of hydrogen-bond donors (Lipinski definition) is 0. The first-order valence-corrected chi connectivity index (χ1v) is 10.5. The molecule has 5 heteroatoms. The second kappa shape index (κ2) is 9.43. The summed E-state index contributed by atoms with van der Waals surface area (Å²) in [5, 5.41) is 0. The fourth-order valence-corrected chi connectivity index (χ4v) is 3.74. The van der Waals surface area contributed by atoms with Crippen LogP contribution in [0.2, 0.25) is 0 Å². The molecule has 30 heavy (non-hydrogen) atoms. The minimum atomic E-state index is -0.292. The molecule has 1 atom stereocenters. The van der Waals surface area contributed by atoms with Gasteiger partial charge in [-0.25, -0.2) is 4.39 Å². The number of amides is 1. The first-order valence-electron chi connectivity index (χ1n) is 10.5. The summed E-state index contributed by atoms with van der Waals surface area (Å²) in [4.78, 5) is 18.3. The summed E-state index contributed by atoms with van der Waals surface area (Å²) in [5.41, 5.74) is 3.38. The van der Waals surface area contributed by atoms with E-state index in [1.165, 1.54) is 22.6 Å². The van der Waals surface area contributed by atoms with Crippen LogP contribution in [0, 0.1) is 5.82 Å². The van der Waals surface area contributed by atoms with Crippen molar-refractivity contribution >= 4 is 23.4 Å². The average Bonchev–Trinajstić information content (AvgIpc) is 3.22. The van der Waals surface area contributed by atoms with Crippen molar-refractivity contribution < 1.29 is 9.18 Å². The van der Waals surface area contributed by atoms with E-state index in [0.717, 1.165) is 25.1 Å². The lowest BCUT2D eigenvalue weighted by Crippen LogP contribution is -2.31. The van der Waals surface area contributed by atoms with Crippen LogP contribution in [0.3, 0.4) is 0 Å². The zero-order chi connectivity index (χ0) is 21.8. The van der Waals surface area contributed by atoms with Crippen LogP contribution >= 0.6 is 0 Å². The van der Waals surface area contributed by atoms with Gasteiger partial charge in [-0.15, -0.1) is 0 Å². The molecule has 0 aromatic heterocycles. The largest absolute Gasteiger partial charge is 0.368 e. The van der Waals surface area contributed by atoms with Crippen molar-refractivity contribution in [2.45, 2.75) is 32.2 Å². The molecular weight excluding hydrogens is 377 g/mol. The van der Waals surface area contributed by atoms with Crippen molar-refractivity contribution in [3.63, 3.8) is 0 Å². The van der Waals surface area contributed by atoms with Crippen LogP contribution in [0.15, 0.2) is 48.5 Å². The Bertz CT molecular complexity index is 905. The van der Waals surface area contributed by atoms with Crippen LogP contribution in [-0.4, -0.2) is 51.1 Å². The lowest BCUT2D eigenvalue weighted by atomic mass is 10.0. The van der Waals surface area contributed by atoms with E-state index in [9.17, 15) is 9.18 Å². The maximum absolute atomic E-state index is 14.8. The Morgan fingerprint density at radius 2 is 1.83 bits per heavy atom. The van der Waals surface area contributed by atoms with Crippen molar-refractivity contribution in [2.75, 3.05) is 44.0 Å². The predicted molar refractivity (Wildman–Crippen MR) is 124 cm³/mol. The molecule has 2 aromatic rings. The van der Waals surface area contributed by atoms with Crippen LogP contribution in [0.25, 0.3) is 6.08 Å². The van der Waals surface area contributed by atoms with Crippen LogP contribution in [-0.2, 0) is 4.79 Å². The predicted octanol–water partition coefficient (Wildman–Crippen LogP) is 4.77. The first kappa shape index (κ1) is 22.0. The molecule has 160 valence electrons. The maximum Gasteiger partial charge on any atom is 0.250 e. The van der Waals surface area contributed by atoms with E-state index in [0.29, 0.717) is 23.3 Å². The standard InChI is InChI=1S/C25H32FN3O/c1-18(2)20-9-6-19(7-10-20)8-13-25(30)28(5)21-11-12-24(23(26)16-21)29-15-14-22(17-29)27(3)4/h6-13,16,18,22H,14-15,17H2,1-5H3. The van der Waals surface area contributed by atoms with Gasteiger partial charge in [-0.2, -0.15) is 0 Å². The molecule has 1 aliphatic rings. The molecule has 0 aliphatic carbocycles. The fourth-order valence-electron chi connectivity index (χ4n) is 3.74. The van der Waals surface area contributed by atoms with Gasteiger partial charge in [0.25, 0.3) is 5.91 Å². The third-order valence-corrected chi connectivity index (χ3v) is 5.90. The average molecular weight is 410 g/mol. The summed E-state index contributed by atoms with van der Waals surface area (Å²) in [5.74, 6) is -0.00766. The van der Waals surface area contributed by atoms with E-state index >= 15 is 0 Å². The molecule has 2 aromatic carbocycles. The Kier molecular flexibility index (Phi) is 6.93. The van der Waals surface area contributed by atoms with Crippen molar-refractivity contribution in [1.29, 1.82) is 0 Å². The summed E-state index contributed by atoms with van der Waals surface area (Å²) in [7, 11) is 5.78. The molecule has 1 aliphatic heterocycles. The lowest BCUT2D eigenvalue weighted by molar-refractivity contribution is -0.113. The topological polar surface area (TPSA) is 26.8 Å². The van der Waals surface area contributed by atoms with Gasteiger partial charge in [-0.1, -0.05) is 38.1 Å². The molecular formula is C25H32FN3O. The number of rotatable bonds is 6. The molecule has 0 spiro atoms. The highest BCUT2D eigenvalue weighted by molar-refractivity contribution is 6.03. The van der Waals surface area contributed by atoms with E-state index in [2.05, 4.69) is 49.9 Å². The molecule has 1 unspecified atom stereocenters. The van der Waals surface area contributed by atoms with Crippen molar-refractivity contribution in [2.24, 2.45) is 0 Å². The van der Waals surface area contributed by atoms with Gasteiger partial charge in [0.1, 0.15) is 5.82 Å². The van der Waals surface area contributed by atoms with Crippen LogP contribution in [0.1, 0.15) is 37.3 Å². The normalized spacial score (nSPS) is 16.8. The zero-order valence-electron chi connectivity index (χ0n) is 18.6. The number of carbonyl (C=O) groups excluding carboxylic acids is 1. The van der Waals surface area contributed by atoms with E-state index in [4.69, 9.17) is 0 Å². The highest BCUT2D eigenvalue weighted by Crippen LogP contribution is 2.28. The minimum Gasteiger partial charge on any atom is -0.368 e. The molecule has 1 amide bonds. The minimum absolute atomic E-state index is 0.191. The number of carbonyl (C=O) groups is 1. The molecule has 4 nitrogen and oxygen atoms in total. The maximum atomic E-state index is 14.8. The van der Waals surface area contributed by atoms with Crippen molar-refractivity contribution in [3.05, 3.63) is 65.5 Å². The van der Waals surface area contributed by atoms with Gasteiger partial charge in [0.05, 0.1) is 5.69 Å². The summed E-state index contributed by atoms with van der Waals surface area (Å²) in [6.07, 6.45) is 4.34. The number of likely N-dealkylation sites (N-methyl/N-ethyl adjacent to an activating group) is 2. The number of nitrogens with zero attached hydrogens (tertiary/aromatic N) is 3. The van der Waals surface area contributed by atoms with Gasteiger partial charge in [-0.05, 0) is 61.8 Å². The number of benzene rings is 2. The lowest BCUT2D eigenvalue weighted by Gasteiger charge is -2.23. The van der Waals surface area contributed by atoms with E-state index in [-0.39, 0.29) is 11.7 Å². The monoisotopic (exact) mass is 409 g/mol. The van der Waals surface area contributed by atoms with Gasteiger partial charge in [-0.3, -0.25) is 4.79 Å². The highest BCUT2D eigenvalue weighted by atomic mass is 19.1. The molecule has 0 bridgehead atoms. The van der Waals surface area contributed by atoms with E-state index in [1.54, 1.807) is 19.2 Å². The fraction of sp³-hybridized carbons (Fsp3) is 0.400. The Hall–Kier alpha value is -2.66. The van der Waals surface area contributed by atoms with Gasteiger partial charge in [0.2, 0.25) is 0 Å². The molecule has 3 rings (SSSR count). The third-order valence-electron chi connectivity index (χ3n) is 5.90. The Balaban J connectivity index is 1.66. The van der Waals surface area contributed by atoms with Crippen molar-refractivity contribution in [1.82, 2.24) is 4.90 Å². The quantitative estimate of drug-likeness (QED) is 0.643. The second-order valence-electron chi connectivity index (χ2n) is 8.54. The Morgan fingerprint density at radius 3 is 2.40 bits per heavy atom. The molecule has 0 saturated carbocycles. The number of hydrogen-bond acceptors (Lipinski definition) is 3. The third kappa shape index (κ3) is 5.08. The number of halogens is 1. The van der Waals surface area contributed by atoms with Crippen LogP contribution in [0.4, 0.5) is 15.8 Å². The zero-order valence-corrected chi connectivity index (χ0v) is 18.6. The molecule has 0 radical (unpaired) electrons. The van der Waals surface area contributed by atoms with Crippen molar-refractivity contribution in [3.8, 4) is 0 Å². The van der Waals surface area contributed by atoms with E-state index in [1.807, 2.05) is 18.2 Å². The summed E-state index contributed by atoms with van der Waals surface area (Å²) >= 11 is 0. The van der Waals surface area contributed by atoms with E-state index < -0.39 is 0 Å². The van der Waals surface area contributed by atoms with Crippen LogP contribution in [0.5, 0.6) is 0 Å². The molecule has 1 saturated heterocycles. The highest BCUT2D eigenvalue weighted by Gasteiger charge is 2.26. The summed E-state index contributed by atoms with van der Waals surface area (Å²) in [6, 6.07) is 13.6. The van der Waals surface area contributed by atoms with Gasteiger partial charge in [0, 0.05) is 37.9 Å². The summed E-state index contributed by atoms with van der Waals surface area (Å²) < 4.78 is 14.8. The Morgan fingerprint density at radius 1 is 1.13 bits per heavy atom. The molecule has 0 N–H and O–H groups in total. The van der Waals surface area contributed by atoms with Gasteiger partial charge < -0.3 is 14.7 Å². The van der Waals surface area contributed by atoms with Crippen LogP contribution < -0.4 is 9.80 Å². The number of anilines is 2. The second-order valence-corrected chi connectivity index (χ2v) is 8.54. The summed E-state index contributed by atoms with van der Waals surface area (Å²) in [6.45, 7) is 5.96.